The van der Waals surface area contributed by atoms with Gasteiger partial charge in [-0.25, -0.2) is 4.98 Å². The fraction of sp³-hybridized carbons (Fsp3) is 0.417. The molecule has 0 atom stereocenters. The van der Waals surface area contributed by atoms with Gasteiger partial charge in [0.1, 0.15) is 10.4 Å². The van der Waals surface area contributed by atoms with Crippen molar-refractivity contribution < 1.29 is 0 Å². The Morgan fingerprint density at radius 3 is 2.74 bits per heavy atom. The summed E-state index contributed by atoms with van der Waals surface area (Å²) in [5.74, 6) is 0.989. The van der Waals surface area contributed by atoms with Gasteiger partial charge in [-0.05, 0) is 42.3 Å². The minimum atomic E-state index is 0.447. The lowest BCUT2D eigenvalue weighted by atomic mass is 10.4. The van der Waals surface area contributed by atoms with Gasteiger partial charge in [0.25, 0.3) is 0 Å². The lowest BCUT2D eigenvalue weighted by molar-refractivity contribution is 0.573. The molecule has 0 unspecified atom stereocenters. The van der Waals surface area contributed by atoms with E-state index in [0.29, 0.717) is 16.4 Å². The Hall–Kier alpha value is -1.63. The van der Waals surface area contributed by atoms with Crippen molar-refractivity contribution in [3.8, 4) is 0 Å². The van der Waals surface area contributed by atoms with Gasteiger partial charge in [0.2, 0.25) is 5.95 Å². The summed E-state index contributed by atoms with van der Waals surface area (Å²) < 4.78 is 2.69. The standard InChI is InChI=1S/C12H17BrN6/c1-8-6-9(2)19(18-8)5-3-4-15-12-16-10(13)7-11(14)17-12/h6-7H,3-5H2,1-2H3,(H3,14,15,16,17). The van der Waals surface area contributed by atoms with Gasteiger partial charge < -0.3 is 11.1 Å². The quantitative estimate of drug-likeness (QED) is 0.650. The van der Waals surface area contributed by atoms with Gasteiger partial charge >= 0.3 is 0 Å². The zero-order chi connectivity index (χ0) is 13.8. The Morgan fingerprint density at radius 1 is 1.32 bits per heavy atom. The molecule has 0 saturated carbocycles. The van der Waals surface area contributed by atoms with Crippen LogP contribution in [0.3, 0.4) is 0 Å². The summed E-state index contributed by atoms with van der Waals surface area (Å²) in [5, 5.41) is 7.56. The molecule has 0 radical (unpaired) electrons. The zero-order valence-corrected chi connectivity index (χ0v) is 12.6. The maximum atomic E-state index is 5.64. The highest BCUT2D eigenvalue weighted by molar-refractivity contribution is 9.10. The molecule has 0 aromatic carbocycles. The smallest absolute Gasteiger partial charge is 0.225 e. The molecule has 19 heavy (non-hydrogen) atoms. The molecule has 2 heterocycles. The van der Waals surface area contributed by atoms with Crippen LogP contribution < -0.4 is 11.1 Å². The number of rotatable bonds is 5. The van der Waals surface area contributed by atoms with Crippen molar-refractivity contribution in [2.24, 2.45) is 0 Å². The molecule has 2 aromatic rings. The molecular weight excluding hydrogens is 308 g/mol. The summed E-state index contributed by atoms with van der Waals surface area (Å²) in [4.78, 5) is 8.30. The lowest BCUT2D eigenvalue weighted by Crippen LogP contribution is -2.11. The topological polar surface area (TPSA) is 81.7 Å². The van der Waals surface area contributed by atoms with Gasteiger partial charge in [-0.15, -0.1) is 0 Å². The number of hydrogen-bond donors (Lipinski definition) is 2. The molecule has 2 rings (SSSR count). The number of anilines is 2. The maximum Gasteiger partial charge on any atom is 0.225 e. The van der Waals surface area contributed by atoms with Crippen LogP contribution >= 0.6 is 15.9 Å². The number of halogens is 1. The summed E-state index contributed by atoms with van der Waals surface area (Å²) in [6, 6.07) is 3.74. The summed E-state index contributed by atoms with van der Waals surface area (Å²) in [5.41, 5.74) is 7.87. The van der Waals surface area contributed by atoms with Gasteiger partial charge in [0, 0.05) is 24.8 Å². The first-order valence-electron chi connectivity index (χ1n) is 6.09. The van der Waals surface area contributed by atoms with E-state index in [2.05, 4.69) is 49.3 Å². The lowest BCUT2D eigenvalue weighted by Gasteiger charge is -2.07. The number of nitrogens with zero attached hydrogens (tertiary/aromatic N) is 4. The fourth-order valence-corrected chi connectivity index (χ4v) is 2.25. The van der Waals surface area contributed by atoms with Crippen LogP contribution in [-0.2, 0) is 6.54 Å². The Balaban J connectivity index is 1.82. The highest BCUT2D eigenvalue weighted by Crippen LogP contribution is 2.12. The van der Waals surface area contributed by atoms with E-state index in [-0.39, 0.29) is 0 Å². The van der Waals surface area contributed by atoms with Crippen LogP contribution in [0.25, 0.3) is 0 Å². The molecule has 3 N–H and O–H groups in total. The van der Waals surface area contributed by atoms with Crippen LogP contribution in [0, 0.1) is 13.8 Å². The zero-order valence-electron chi connectivity index (χ0n) is 11.0. The molecule has 7 heteroatoms. The summed E-state index contributed by atoms with van der Waals surface area (Å²) in [7, 11) is 0. The largest absolute Gasteiger partial charge is 0.383 e. The molecule has 0 bridgehead atoms. The molecule has 0 fully saturated rings. The van der Waals surface area contributed by atoms with E-state index in [1.807, 2.05) is 11.6 Å². The number of aryl methyl sites for hydroxylation is 3. The second-order valence-corrected chi connectivity index (χ2v) is 5.18. The third-order valence-electron chi connectivity index (χ3n) is 2.65. The van der Waals surface area contributed by atoms with Crippen molar-refractivity contribution in [3.63, 3.8) is 0 Å². The maximum absolute atomic E-state index is 5.64. The molecule has 0 spiro atoms. The number of nitrogen functional groups attached to an aromatic ring is 1. The average Bonchev–Trinajstić information content (AvgIpc) is 2.62. The first kappa shape index (κ1) is 13.8. The van der Waals surface area contributed by atoms with Crippen LogP contribution in [0.2, 0.25) is 0 Å². The monoisotopic (exact) mass is 324 g/mol. The number of nitrogens with two attached hydrogens (primary N) is 1. The fourth-order valence-electron chi connectivity index (χ4n) is 1.84. The summed E-state index contributed by atoms with van der Waals surface area (Å²) in [6.45, 7) is 5.70. The highest BCUT2D eigenvalue weighted by atomic mass is 79.9. The predicted octanol–water partition coefficient (Wildman–Crippen LogP) is 2.14. The Labute approximate surface area is 120 Å². The van der Waals surface area contributed by atoms with Gasteiger partial charge in [-0.2, -0.15) is 10.1 Å². The Morgan fingerprint density at radius 2 is 2.11 bits per heavy atom. The van der Waals surface area contributed by atoms with E-state index in [0.717, 1.165) is 25.2 Å². The van der Waals surface area contributed by atoms with E-state index < -0.39 is 0 Å². The third-order valence-corrected chi connectivity index (χ3v) is 3.05. The molecular formula is C12H17BrN6. The summed E-state index contributed by atoms with van der Waals surface area (Å²) in [6.07, 6.45) is 0.942. The van der Waals surface area contributed by atoms with E-state index in [1.54, 1.807) is 6.07 Å². The van der Waals surface area contributed by atoms with E-state index >= 15 is 0 Å². The van der Waals surface area contributed by atoms with Gasteiger partial charge in [0.15, 0.2) is 0 Å². The minimum Gasteiger partial charge on any atom is -0.383 e. The normalized spacial score (nSPS) is 10.7. The average molecular weight is 325 g/mol. The molecule has 2 aromatic heterocycles. The first-order valence-corrected chi connectivity index (χ1v) is 6.89. The van der Waals surface area contributed by atoms with Crippen molar-refractivity contribution in [2.75, 3.05) is 17.6 Å². The van der Waals surface area contributed by atoms with Crippen LogP contribution in [-0.4, -0.2) is 26.3 Å². The highest BCUT2D eigenvalue weighted by Gasteiger charge is 2.02. The molecule has 0 saturated heterocycles. The van der Waals surface area contributed by atoms with Crippen molar-refractivity contribution in [2.45, 2.75) is 26.8 Å². The second kappa shape index (κ2) is 6.01. The SMILES string of the molecule is Cc1cc(C)n(CCCNc2nc(N)cc(Br)n2)n1. The van der Waals surface area contributed by atoms with Gasteiger partial charge in [-0.3, -0.25) is 4.68 Å². The second-order valence-electron chi connectivity index (χ2n) is 4.37. The van der Waals surface area contributed by atoms with Crippen molar-refractivity contribution in [3.05, 3.63) is 28.1 Å². The van der Waals surface area contributed by atoms with Crippen LogP contribution in [0.1, 0.15) is 17.8 Å². The summed E-state index contributed by atoms with van der Waals surface area (Å²) >= 11 is 3.29. The molecule has 6 nitrogen and oxygen atoms in total. The first-order chi connectivity index (χ1) is 9.04. The van der Waals surface area contributed by atoms with E-state index in [4.69, 9.17) is 5.73 Å². The number of nitrogens with one attached hydrogen (secondary N) is 1. The van der Waals surface area contributed by atoms with Crippen molar-refractivity contribution >= 4 is 27.7 Å². The van der Waals surface area contributed by atoms with Gasteiger partial charge in [0.05, 0.1) is 5.69 Å². The Kier molecular flexibility index (Phi) is 4.36. The van der Waals surface area contributed by atoms with Gasteiger partial charge in [-0.1, -0.05) is 0 Å². The van der Waals surface area contributed by atoms with Crippen molar-refractivity contribution in [1.82, 2.24) is 19.7 Å². The minimum absolute atomic E-state index is 0.447. The predicted molar refractivity (Wildman–Crippen MR) is 79.0 cm³/mol. The third kappa shape index (κ3) is 3.92. The van der Waals surface area contributed by atoms with Crippen molar-refractivity contribution in [1.29, 1.82) is 0 Å². The van der Waals surface area contributed by atoms with E-state index in [1.165, 1.54) is 5.69 Å². The molecule has 0 aliphatic rings. The molecule has 0 amide bonds. The van der Waals surface area contributed by atoms with Crippen LogP contribution in [0.5, 0.6) is 0 Å². The number of aromatic nitrogens is 4. The molecule has 0 aliphatic heterocycles. The molecule has 102 valence electrons. The van der Waals surface area contributed by atoms with Crippen LogP contribution in [0.4, 0.5) is 11.8 Å². The van der Waals surface area contributed by atoms with E-state index in [9.17, 15) is 0 Å². The number of hydrogen-bond acceptors (Lipinski definition) is 5. The van der Waals surface area contributed by atoms with Crippen LogP contribution in [0.15, 0.2) is 16.7 Å². The Bertz CT molecular complexity index is 545. The molecule has 0 aliphatic carbocycles.